The van der Waals surface area contributed by atoms with E-state index in [1.165, 1.54) is 0 Å². The number of hydrogen-bond acceptors (Lipinski definition) is 3. The van der Waals surface area contributed by atoms with E-state index in [4.69, 9.17) is 5.11 Å². The number of sulfone groups is 1. The Morgan fingerprint density at radius 1 is 1.43 bits per heavy atom. The van der Waals surface area contributed by atoms with Crippen LogP contribution in [0.15, 0.2) is 0 Å². The second-order valence-electron chi connectivity index (χ2n) is 3.64. The van der Waals surface area contributed by atoms with Crippen molar-refractivity contribution in [3.05, 3.63) is 0 Å². The minimum Gasteiger partial charge on any atom is -0.481 e. The fourth-order valence-corrected chi connectivity index (χ4v) is 2.73. The van der Waals surface area contributed by atoms with Crippen molar-refractivity contribution >= 4 is 15.8 Å². The summed E-state index contributed by atoms with van der Waals surface area (Å²) in [6, 6.07) is 0. The van der Waals surface area contributed by atoms with Crippen molar-refractivity contribution < 1.29 is 27.1 Å². The molecule has 0 bridgehead atoms. The van der Waals surface area contributed by atoms with Crippen LogP contribution in [0.4, 0.5) is 8.78 Å². The maximum atomic E-state index is 12.0. The summed E-state index contributed by atoms with van der Waals surface area (Å²) in [5.41, 5.74) is -0.929. The van der Waals surface area contributed by atoms with Crippen LogP contribution in [0, 0.1) is 5.41 Å². The van der Waals surface area contributed by atoms with Crippen LogP contribution in [0.25, 0.3) is 0 Å². The molecule has 82 valence electrons. The first-order valence-corrected chi connectivity index (χ1v) is 5.71. The molecule has 1 fully saturated rings. The lowest BCUT2D eigenvalue weighted by Gasteiger charge is -2.11. The molecule has 0 aromatic heterocycles. The monoisotopic (exact) mass is 228 g/mol. The summed E-state index contributed by atoms with van der Waals surface area (Å²) in [5.74, 6) is -5.27. The Morgan fingerprint density at radius 2 is 1.93 bits per heavy atom. The maximum Gasteiger partial charge on any atom is 0.336 e. The molecule has 7 heteroatoms. The van der Waals surface area contributed by atoms with Gasteiger partial charge in [0.25, 0.3) is 0 Å². The van der Waals surface area contributed by atoms with Crippen LogP contribution in [-0.4, -0.2) is 31.0 Å². The zero-order valence-electron chi connectivity index (χ0n) is 7.24. The minimum absolute atomic E-state index is 0.348. The molecular weight excluding hydrogens is 218 g/mol. The van der Waals surface area contributed by atoms with Crippen molar-refractivity contribution in [2.75, 3.05) is 5.75 Å². The topological polar surface area (TPSA) is 71.4 Å². The van der Waals surface area contributed by atoms with Crippen molar-refractivity contribution in [2.45, 2.75) is 25.0 Å². The molecule has 0 aromatic rings. The van der Waals surface area contributed by atoms with Gasteiger partial charge in [0.1, 0.15) is 0 Å². The molecule has 0 atom stereocenters. The SMILES string of the molecule is O=C(O)CC1(CS(=O)(=O)C(F)F)CC1. The second kappa shape index (κ2) is 3.45. The first kappa shape index (κ1) is 11.4. The van der Waals surface area contributed by atoms with Crippen LogP contribution in [0.5, 0.6) is 0 Å². The highest BCUT2D eigenvalue weighted by Gasteiger charge is 2.49. The number of halogens is 2. The molecular formula is C7H10F2O4S. The quantitative estimate of drug-likeness (QED) is 0.758. The molecule has 0 heterocycles. The van der Waals surface area contributed by atoms with Gasteiger partial charge < -0.3 is 5.11 Å². The Hall–Kier alpha value is -0.720. The Labute approximate surface area is 79.8 Å². The van der Waals surface area contributed by atoms with E-state index in [0.29, 0.717) is 12.8 Å². The van der Waals surface area contributed by atoms with Gasteiger partial charge in [0.15, 0.2) is 0 Å². The molecule has 0 spiro atoms. The summed E-state index contributed by atoms with van der Waals surface area (Å²) in [7, 11) is -4.44. The van der Waals surface area contributed by atoms with Crippen molar-refractivity contribution in [1.29, 1.82) is 0 Å². The van der Waals surface area contributed by atoms with E-state index in [1.54, 1.807) is 0 Å². The van der Waals surface area contributed by atoms with Crippen LogP contribution < -0.4 is 0 Å². The van der Waals surface area contributed by atoms with Crippen molar-refractivity contribution in [1.82, 2.24) is 0 Å². The van der Waals surface area contributed by atoms with Crippen molar-refractivity contribution in [3.63, 3.8) is 0 Å². The highest BCUT2D eigenvalue weighted by Crippen LogP contribution is 2.50. The van der Waals surface area contributed by atoms with E-state index in [0.717, 1.165) is 0 Å². The summed E-state index contributed by atoms with van der Waals surface area (Å²) in [5, 5.41) is 8.44. The van der Waals surface area contributed by atoms with Gasteiger partial charge in [-0.1, -0.05) is 0 Å². The summed E-state index contributed by atoms with van der Waals surface area (Å²) in [4.78, 5) is 10.3. The van der Waals surface area contributed by atoms with Gasteiger partial charge in [-0.15, -0.1) is 0 Å². The van der Waals surface area contributed by atoms with E-state index in [-0.39, 0.29) is 6.42 Å². The lowest BCUT2D eigenvalue weighted by atomic mass is 10.1. The van der Waals surface area contributed by atoms with Gasteiger partial charge >= 0.3 is 11.7 Å². The van der Waals surface area contributed by atoms with Crippen LogP contribution in [0.2, 0.25) is 0 Å². The van der Waals surface area contributed by atoms with Crippen molar-refractivity contribution in [2.24, 2.45) is 5.41 Å². The average molecular weight is 228 g/mol. The zero-order valence-corrected chi connectivity index (χ0v) is 8.06. The Bertz CT molecular complexity index is 332. The molecule has 0 radical (unpaired) electrons. The second-order valence-corrected chi connectivity index (χ2v) is 5.61. The fraction of sp³-hybridized carbons (Fsp3) is 0.857. The molecule has 4 nitrogen and oxygen atoms in total. The molecule has 0 aromatic carbocycles. The number of alkyl halides is 2. The first-order valence-electron chi connectivity index (χ1n) is 3.99. The van der Waals surface area contributed by atoms with Crippen LogP contribution >= 0.6 is 0 Å². The third-order valence-electron chi connectivity index (χ3n) is 2.26. The predicted octanol–water partition coefficient (Wildman–Crippen LogP) is 0.879. The highest BCUT2D eigenvalue weighted by atomic mass is 32.2. The van der Waals surface area contributed by atoms with E-state index in [1.807, 2.05) is 0 Å². The van der Waals surface area contributed by atoms with Crippen molar-refractivity contribution in [3.8, 4) is 0 Å². The number of aliphatic carboxylic acids is 1. The molecule has 1 saturated carbocycles. The smallest absolute Gasteiger partial charge is 0.336 e. The fourth-order valence-electron chi connectivity index (χ4n) is 1.36. The van der Waals surface area contributed by atoms with E-state index >= 15 is 0 Å². The summed E-state index contributed by atoms with van der Waals surface area (Å²) in [6.45, 7) is 0. The van der Waals surface area contributed by atoms with Gasteiger partial charge in [0.05, 0.1) is 12.2 Å². The van der Waals surface area contributed by atoms with Crippen LogP contribution in [-0.2, 0) is 14.6 Å². The van der Waals surface area contributed by atoms with Gasteiger partial charge in [-0.05, 0) is 18.3 Å². The first-order chi connectivity index (χ1) is 6.27. The standard InChI is InChI=1S/C7H10F2O4S/c8-6(9)14(12,13)4-7(1-2-7)3-5(10)11/h6H,1-4H2,(H,10,11). The van der Waals surface area contributed by atoms with Crippen LogP contribution in [0.3, 0.4) is 0 Å². The maximum absolute atomic E-state index is 12.0. The van der Waals surface area contributed by atoms with Gasteiger partial charge in [0.2, 0.25) is 9.84 Å². The van der Waals surface area contributed by atoms with E-state index in [2.05, 4.69) is 0 Å². The third-order valence-corrected chi connectivity index (χ3v) is 3.82. The van der Waals surface area contributed by atoms with E-state index < -0.39 is 32.7 Å². The summed E-state index contributed by atoms with van der Waals surface area (Å²) < 4.78 is 45.6. The van der Waals surface area contributed by atoms with Gasteiger partial charge in [-0.25, -0.2) is 8.42 Å². The zero-order chi connectivity index (χ0) is 11.0. The van der Waals surface area contributed by atoms with Gasteiger partial charge in [-0.2, -0.15) is 8.78 Å². The molecule has 1 aliphatic rings. The summed E-state index contributed by atoms with van der Waals surface area (Å²) >= 11 is 0. The lowest BCUT2D eigenvalue weighted by molar-refractivity contribution is -0.138. The number of hydrogen-bond donors (Lipinski definition) is 1. The molecule has 0 amide bonds. The highest BCUT2D eigenvalue weighted by molar-refractivity contribution is 7.91. The minimum atomic E-state index is -4.44. The summed E-state index contributed by atoms with van der Waals surface area (Å²) in [6.07, 6.45) is 0.440. The molecule has 1 N–H and O–H groups in total. The number of carboxylic acid groups (broad SMARTS) is 1. The Balaban J connectivity index is 2.65. The molecule has 1 aliphatic carbocycles. The Morgan fingerprint density at radius 3 is 2.21 bits per heavy atom. The predicted molar refractivity (Wildman–Crippen MR) is 43.7 cm³/mol. The van der Waals surface area contributed by atoms with E-state index in [9.17, 15) is 22.0 Å². The molecule has 1 rings (SSSR count). The normalized spacial score (nSPS) is 19.6. The molecule has 0 unspecified atom stereocenters. The molecule has 0 aliphatic heterocycles. The number of carbonyl (C=O) groups is 1. The third kappa shape index (κ3) is 2.63. The molecule has 0 saturated heterocycles. The largest absolute Gasteiger partial charge is 0.481 e. The Kier molecular flexibility index (Phi) is 2.80. The molecule has 14 heavy (non-hydrogen) atoms. The number of rotatable bonds is 5. The average Bonchev–Trinajstić information content (AvgIpc) is 2.65. The van der Waals surface area contributed by atoms with Crippen LogP contribution in [0.1, 0.15) is 19.3 Å². The lowest BCUT2D eigenvalue weighted by Crippen LogP contribution is -2.24. The van der Waals surface area contributed by atoms with Gasteiger partial charge in [0, 0.05) is 0 Å². The van der Waals surface area contributed by atoms with Gasteiger partial charge in [-0.3, -0.25) is 4.79 Å². The number of carboxylic acids is 1.